The molecule has 0 spiro atoms. The Balaban J connectivity index is 2.13. The molecular formula is C12H18N2O3S2. The molecule has 106 valence electrons. The van der Waals surface area contributed by atoms with Gasteiger partial charge in [0.15, 0.2) is 0 Å². The number of nitrogens with one attached hydrogen (secondary N) is 1. The van der Waals surface area contributed by atoms with E-state index in [1.165, 1.54) is 6.42 Å². The summed E-state index contributed by atoms with van der Waals surface area (Å²) in [6.45, 7) is 3.60. The lowest BCUT2D eigenvalue weighted by molar-refractivity contribution is 0.0909. The molecule has 1 fully saturated rings. The van der Waals surface area contributed by atoms with E-state index < -0.39 is 10.0 Å². The standard InChI is InChI=1S/C12H18N2O3S2/c1-7-10(6-18-12(7)19(13,16)17)11(15)14-8(2)9-4-3-5-9/h6,8-9H,3-5H2,1-2H3,(H,14,15)(H2,13,16,17). The van der Waals surface area contributed by atoms with Crippen molar-refractivity contribution in [1.82, 2.24) is 5.32 Å². The van der Waals surface area contributed by atoms with E-state index >= 15 is 0 Å². The van der Waals surface area contributed by atoms with Crippen molar-refractivity contribution in [3.05, 3.63) is 16.5 Å². The highest BCUT2D eigenvalue weighted by atomic mass is 32.2. The van der Waals surface area contributed by atoms with Crippen LogP contribution in [0, 0.1) is 12.8 Å². The molecule has 1 aliphatic rings. The van der Waals surface area contributed by atoms with Crippen LogP contribution in [0.5, 0.6) is 0 Å². The second-order valence-electron chi connectivity index (χ2n) is 5.06. The second kappa shape index (κ2) is 5.22. The predicted octanol–water partition coefficient (Wildman–Crippen LogP) is 1.62. The molecule has 1 aromatic heterocycles. The van der Waals surface area contributed by atoms with E-state index in [4.69, 9.17) is 5.14 Å². The Morgan fingerprint density at radius 2 is 2.16 bits per heavy atom. The molecular weight excluding hydrogens is 284 g/mol. The molecule has 0 aromatic carbocycles. The number of amides is 1. The van der Waals surface area contributed by atoms with Crippen molar-refractivity contribution >= 4 is 27.3 Å². The predicted molar refractivity (Wildman–Crippen MR) is 74.7 cm³/mol. The lowest BCUT2D eigenvalue weighted by atomic mass is 9.80. The van der Waals surface area contributed by atoms with E-state index in [1.807, 2.05) is 6.92 Å². The number of nitrogens with two attached hydrogens (primary N) is 1. The summed E-state index contributed by atoms with van der Waals surface area (Å²) < 4.78 is 22.7. The van der Waals surface area contributed by atoms with Gasteiger partial charge in [-0.3, -0.25) is 4.79 Å². The fourth-order valence-electron chi connectivity index (χ4n) is 2.25. The number of thiophene rings is 1. The van der Waals surface area contributed by atoms with E-state index in [2.05, 4.69) is 5.32 Å². The number of carbonyl (C=O) groups excluding carboxylic acids is 1. The normalized spacial score (nSPS) is 17.8. The summed E-state index contributed by atoms with van der Waals surface area (Å²) >= 11 is 0.993. The van der Waals surface area contributed by atoms with Crippen LogP contribution in [0.15, 0.2) is 9.59 Å². The van der Waals surface area contributed by atoms with Gasteiger partial charge in [0.1, 0.15) is 4.21 Å². The van der Waals surface area contributed by atoms with Crippen LogP contribution in [0.25, 0.3) is 0 Å². The maximum atomic E-state index is 12.1. The largest absolute Gasteiger partial charge is 0.349 e. The molecule has 1 unspecified atom stereocenters. The molecule has 1 amide bonds. The van der Waals surface area contributed by atoms with Crippen molar-refractivity contribution in [2.24, 2.45) is 11.1 Å². The molecule has 0 saturated heterocycles. The van der Waals surface area contributed by atoms with Gasteiger partial charge < -0.3 is 5.32 Å². The first kappa shape index (κ1) is 14.5. The van der Waals surface area contributed by atoms with Crippen LogP contribution in [0.3, 0.4) is 0 Å². The lowest BCUT2D eigenvalue weighted by Gasteiger charge is -2.31. The Kier molecular flexibility index (Phi) is 3.98. The molecule has 2 rings (SSSR count). The zero-order valence-electron chi connectivity index (χ0n) is 11.0. The molecule has 0 aliphatic heterocycles. The highest BCUT2D eigenvalue weighted by Crippen LogP contribution is 2.30. The molecule has 0 bridgehead atoms. The monoisotopic (exact) mass is 302 g/mol. The average Bonchev–Trinajstić information content (AvgIpc) is 2.56. The summed E-state index contributed by atoms with van der Waals surface area (Å²) in [6, 6.07) is 0.124. The van der Waals surface area contributed by atoms with Gasteiger partial charge in [0.25, 0.3) is 5.91 Å². The Bertz CT molecular complexity index is 588. The van der Waals surface area contributed by atoms with E-state index in [9.17, 15) is 13.2 Å². The van der Waals surface area contributed by atoms with E-state index in [0.29, 0.717) is 17.0 Å². The molecule has 7 heteroatoms. The topological polar surface area (TPSA) is 89.3 Å². The minimum absolute atomic E-state index is 0.0638. The third-order valence-corrected chi connectivity index (χ3v) is 6.40. The van der Waals surface area contributed by atoms with Crippen LogP contribution in [-0.2, 0) is 10.0 Å². The summed E-state index contributed by atoms with van der Waals surface area (Å²) in [7, 11) is -3.75. The first-order valence-corrected chi connectivity index (χ1v) is 8.65. The van der Waals surface area contributed by atoms with E-state index in [-0.39, 0.29) is 16.2 Å². The summed E-state index contributed by atoms with van der Waals surface area (Å²) in [6.07, 6.45) is 3.51. The number of carbonyl (C=O) groups is 1. The van der Waals surface area contributed by atoms with Crippen LogP contribution in [0.1, 0.15) is 42.1 Å². The third-order valence-electron chi connectivity index (χ3n) is 3.71. The summed E-state index contributed by atoms with van der Waals surface area (Å²) in [4.78, 5) is 12.1. The van der Waals surface area contributed by atoms with E-state index in [1.54, 1.807) is 12.3 Å². The number of hydrogen-bond donors (Lipinski definition) is 2. The maximum Gasteiger partial charge on any atom is 0.252 e. The van der Waals surface area contributed by atoms with Crippen molar-refractivity contribution < 1.29 is 13.2 Å². The second-order valence-corrected chi connectivity index (χ2v) is 7.70. The molecule has 19 heavy (non-hydrogen) atoms. The van der Waals surface area contributed by atoms with Crippen LogP contribution >= 0.6 is 11.3 Å². The van der Waals surface area contributed by atoms with Crippen molar-refractivity contribution in [3.63, 3.8) is 0 Å². The number of rotatable bonds is 4. The Labute approximate surface area is 117 Å². The van der Waals surface area contributed by atoms with Gasteiger partial charge in [-0.15, -0.1) is 11.3 Å². The maximum absolute atomic E-state index is 12.1. The van der Waals surface area contributed by atoms with Gasteiger partial charge in [0.05, 0.1) is 5.56 Å². The van der Waals surface area contributed by atoms with Crippen molar-refractivity contribution in [1.29, 1.82) is 0 Å². The van der Waals surface area contributed by atoms with Gasteiger partial charge in [0, 0.05) is 11.4 Å². The Morgan fingerprint density at radius 3 is 2.58 bits per heavy atom. The van der Waals surface area contributed by atoms with Crippen LogP contribution < -0.4 is 10.5 Å². The fraction of sp³-hybridized carbons (Fsp3) is 0.583. The zero-order chi connectivity index (χ0) is 14.2. The van der Waals surface area contributed by atoms with Gasteiger partial charge in [-0.1, -0.05) is 6.42 Å². The van der Waals surface area contributed by atoms with Gasteiger partial charge in [-0.2, -0.15) is 0 Å². The van der Waals surface area contributed by atoms with Crippen LogP contribution in [0.2, 0.25) is 0 Å². The summed E-state index contributed by atoms with van der Waals surface area (Å²) in [5, 5.41) is 9.59. The number of primary sulfonamides is 1. The minimum atomic E-state index is -3.75. The molecule has 1 aromatic rings. The average molecular weight is 302 g/mol. The zero-order valence-corrected chi connectivity index (χ0v) is 12.6. The number of sulfonamides is 1. The molecule has 1 heterocycles. The Morgan fingerprint density at radius 1 is 1.53 bits per heavy atom. The van der Waals surface area contributed by atoms with Crippen molar-refractivity contribution in [2.45, 2.75) is 43.4 Å². The summed E-state index contributed by atoms with van der Waals surface area (Å²) in [5.74, 6) is 0.323. The molecule has 5 nitrogen and oxygen atoms in total. The quantitative estimate of drug-likeness (QED) is 0.885. The minimum Gasteiger partial charge on any atom is -0.349 e. The van der Waals surface area contributed by atoms with Crippen molar-refractivity contribution in [2.75, 3.05) is 0 Å². The van der Waals surface area contributed by atoms with Crippen LogP contribution in [0.4, 0.5) is 0 Å². The fourth-order valence-corrected chi connectivity index (χ4v) is 4.26. The number of hydrogen-bond acceptors (Lipinski definition) is 4. The molecule has 1 aliphatic carbocycles. The Hall–Kier alpha value is -0.920. The van der Waals surface area contributed by atoms with Gasteiger partial charge in [-0.25, -0.2) is 13.6 Å². The first-order chi connectivity index (χ1) is 8.80. The highest BCUT2D eigenvalue weighted by Gasteiger charge is 2.27. The van der Waals surface area contributed by atoms with Gasteiger partial charge >= 0.3 is 0 Å². The first-order valence-electron chi connectivity index (χ1n) is 6.22. The smallest absolute Gasteiger partial charge is 0.252 e. The lowest BCUT2D eigenvalue weighted by Crippen LogP contribution is -2.40. The van der Waals surface area contributed by atoms with E-state index in [0.717, 1.165) is 24.2 Å². The summed E-state index contributed by atoms with van der Waals surface area (Å²) in [5.41, 5.74) is 0.839. The third kappa shape index (κ3) is 2.98. The molecule has 0 radical (unpaired) electrons. The van der Waals surface area contributed by atoms with Crippen LogP contribution in [-0.4, -0.2) is 20.4 Å². The highest BCUT2D eigenvalue weighted by molar-refractivity contribution is 7.91. The van der Waals surface area contributed by atoms with Gasteiger partial charge in [0.2, 0.25) is 10.0 Å². The van der Waals surface area contributed by atoms with Crippen molar-refractivity contribution in [3.8, 4) is 0 Å². The molecule has 1 atom stereocenters. The molecule has 3 N–H and O–H groups in total. The molecule has 1 saturated carbocycles. The van der Waals surface area contributed by atoms with Gasteiger partial charge in [-0.05, 0) is 38.2 Å². The SMILES string of the molecule is Cc1c(C(=O)NC(C)C2CCC2)csc1S(N)(=O)=O.